The first-order valence-electron chi connectivity index (χ1n) is 21.7. The van der Waals surface area contributed by atoms with Crippen LogP contribution >= 0.6 is 0 Å². The average Bonchev–Trinajstić information content (AvgIpc) is 3.47. The smallest absolute Gasteiger partial charge is 0.410 e. The van der Waals surface area contributed by atoms with Crippen LogP contribution in [0.3, 0.4) is 0 Å². The minimum absolute atomic E-state index is 0.0258. The van der Waals surface area contributed by atoms with E-state index < -0.39 is 35.7 Å². The van der Waals surface area contributed by atoms with Gasteiger partial charge in [0, 0.05) is 74.0 Å². The van der Waals surface area contributed by atoms with Gasteiger partial charge in [0.25, 0.3) is 0 Å². The number of ether oxygens (including phenoxy) is 1. The predicted octanol–water partition coefficient (Wildman–Crippen LogP) is 9.19. The molecule has 0 radical (unpaired) electrons. The lowest BCUT2D eigenvalue weighted by atomic mass is 9.52. The number of benzene rings is 1. The molecule has 7 unspecified atom stereocenters. The third kappa shape index (κ3) is 10.5. The van der Waals surface area contributed by atoms with Crippen molar-refractivity contribution in [1.29, 1.82) is 0 Å². The average molecular weight is 816 g/mol. The highest BCUT2D eigenvalue weighted by Crippen LogP contribution is 2.62. The first-order valence-corrected chi connectivity index (χ1v) is 23.1. The molecule has 1 N–H and O–H groups in total. The topological polar surface area (TPSA) is 73.3 Å². The van der Waals surface area contributed by atoms with Crippen molar-refractivity contribution in [3.05, 3.63) is 29.3 Å². The molecule has 0 bridgehead atoms. The molecule has 0 spiro atoms. The quantitative estimate of drug-likeness (QED) is 0.133. The van der Waals surface area contributed by atoms with Crippen LogP contribution < -0.4 is 4.74 Å². The van der Waals surface area contributed by atoms with Gasteiger partial charge in [0.1, 0.15) is 5.75 Å². The van der Waals surface area contributed by atoms with E-state index >= 15 is 0 Å². The number of halogens is 5. The number of hydrogen-bond acceptors (Lipinski definition) is 6. The molecule has 2 heterocycles. The Balaban J connectivity index is 0.959. The summed E-state index contributed by atoms with van der Waals surface area (Å²) in [5.74, 6) is -1.86. The van der Waals surface area contributed by atoms with Crippen molar-refractivity contribution in [3.8, 4) is 5.75 Å². The van der Waals surface area contributed by atoms with Crippen LogP contribution in [0.25, 0.3) is 0 Å². The molecule has 13 heteroatoms. The maximum Gasteiger partial charge on any atom is 0.453 e. The first-order chi connectivity index (χ1) is 26.7. The molecule has 1 aromatic carbocycles. The molecule has 5 aliphatic rings. The minimum atomic E-state index is -5.56. The fourth-order valence-electron chi connectivity index (χ4n) is 11.1. The Bertz CT molecular complexity index is 1470. The van der Waals surface area contributed by atoms with E-state index in [1.54, 1.807) is 0 Å². The number of carbonyl (C=O) groups is 1. The van der Waals surface area contributed by atoms with Gasteiger partial charge in [-0.2, -0.15) is 22.0 Å². The van der Waals surface area contributed by atoms with Gasteiger partial charge in [-0.1, -0.05) is 51.5 Å². The number of likely N-dealkylation sites (tertiary alicyclic amines) is 1. The SMILES string of the molecule is CN1CCN(C2CCN(C(=O)Oc3ccc4c(c3)CC(CCCCCCCCCS(=O)CCCC(F)(F)C(F)(F)F)C3C4CCC4(C)C(O)CCC34)CC2)CC1. The van der Waals surface area contributed by atoms with Gasteiger partial charge < -0.3 is 19.6 Å². The summed E-state index contributed by atoms with van der Waals surface area (Å²) in [6.45, 7) is 8.15. The molecule has 1 aromatic rings. The van der Waals surface area contributed by atoms with Gasteiger partial charge in [0.05, 0.1) is 6.10 Å². The number of fused-ring (bicyclic) bond motifs is 5. The Morgan fingerprint density at radius 2 is 1.54 bits per heavy atom. The number of hydrogen-bond donors (Lipinski definition) is 1. The molecule has 0 aromatic heterocycles. The maximum absolute atomic E-state index is 13.3. The number of likely N-dealkylation sites (N-methyl/N-ethyl adjacent to an activating group) is 1. The molecule has 6 rings (SSSR count). The number of aliphatic hydroxyl groups is 1. The molecular weight excluding hydrogens is 750 g/mol. The summed E-state index contributed by atoms with van der Waals surface area (Å²) in [5, 5.41) is 11.1. The number of nitrogens with zero attached hydrogens (tertiary/aromatic N) is 3. The van der Waals surface area contributed by atoms with Crippen molar-refractivity contribution in [2.75, 3.05) is 57.8 Å². The van der Waals surface area contributed by atoms with Crippen molar-refractivity contribution in [2.24, 2.45) is 23.2 Å². The van der Waals surface area contributed by atoms with Crippen LogP contribution in [0.2, 0.25) is 0 Å². The Hall–Kier alpha value is -1.83. The maximum atomic E-state index is 13.3. The summed E-state index contributed by atoms with van der Waals surface area (Å²) in [6, 6.07) is 6.89. The van der Waals surface area contributed by atoms with E-state index in [-0.39, 0.29) is 23.4 Å². The Morgan fingerprint density at radius 3 is 2.23 bits per heavy atom. The van der Waals surface area contributed by atoms with Gasteiger partial charge in [-0.05, 0) is 124 Å². The van der Waals surface area contributed by atoms with E-state index in [4.69, 9.17) is 4.74 Å². The highest BCUT2D eigenvalue weighted by Gasteiger charge is 2.57. The van der Waals surface area contributed by atoms with Crippen molar-refractivity contribution in [3.63, 3.8) is 0 Å². The lowest BCUT2D eigenvalue weighted by Gasteiger charge is -2.53. The van der Waals surface area contributed by atoms with Crippen molar-refractivity contribution in [1.82, 2.24) is 14.7 Å². The summed E-state index contributed by atoms with van der Waals surface area (Å²) in [7, 11) is 0.798. The molecule has 1 amide bonds. The number of piperidine rings is 1. The Labute approximate surface area is 333 Å². The summed E-state index contributed by atoms with van der Waals surface area (Å²) >= 11 is 0. The number of amides is 1. The molecule has 3 aliphatic carbocycles. The van der Waals surface area contributed by atoms with Gasteiger partial charge >= 0.3 is 18.2 Å². The molecule has 2 aliphatic heterocycles. The van der Waals surface area contributed by atoms with Crippen molar-refractivity contribution >= 4 is 16.9 Å². The van der Waals surface area contributed by atoms with Gasteiger partial charge in [-0.15, -0.1) is 0 Å². The fraction of sp³-hybridized carbons (Fsp3) is 0.837. The highest BCUT2D eigenvalue weighted by atomic mass is 32.2. The van der Waals surface area contributed by atoms with E-state index in [0.717, 1.165) is 129 Å². The highest BCUT2D eigenvalue weighted by molar-refractivity contribution is 7.84. The molecule has 2 saturated carbocycles. The van der Waals surface area contributed by atoms with Crippen LogP contribution in [-0.4, -0.2) is 112 Å². The summed E-state index contributed by atoms with van der Waals surface area (Å²) in [6.07, 6.45) is 7.31. The second-order valence-corrected chi connectivity index (χ2v) is 19.8. The van der Waals surface area contributed by atoms with Crippen LogP contribution in [0.5, 0.6) is 5.75 Å². The summed E-state index contributed by atoms with van der Waals surface area (Å²) in [5.41, 5.74) is 2.69. The number of unbranched alkanes of at least 4 members (excludes halogenated alkanes) is 6. The van der Waals surface area contributed by atoms with Crippen LogP contribution in [0.1, 0.15) is 127 Å². The van der Waals surface area contributed by atoms with Crippen LogP contribution in [0.4, 0.5) is 26.7 Å². The van der Waals surface area contributed by atoms with Crippen molar-refractivity contribution < 1.29 is 40.8 Å². The Kier molecular flexibility index (Phi) is 14.9. The largest absolute Gasteiger partial charge is 0.453 e. The standard InChI is InChI=1S/C43H66F5N3O4S/c1-41-20-16-36-35-13-12-34(55-40(53)51-21-17-33(18-22-51)50-25-23-49(2)24-26-50)30-32(35)29-31(39(36)37(41)14-15-38(41)52)11-8-6-4-3-5-7-9-27-56(54)28-10-19-42(44,45)43(46,47)48/h12-13,30-31,33,36-39,52H,3-11,14-29H2,1-2H3. The van der Waals surface area contributed by atoms with E-state index in [1.165, 1.54) is 11.1 Å². The lowest BCUT2D eigenvalue weighted by Crippen LogP contribution is -2.53. The second kappa shape index (κ2) is 19.0. The fourth-order valence-corrected chi connectivity index (χ4v) is 12.3. The van der Waals surface area contributed by atoms with Crippen LogP contribution in [0, 0.1) is 23.2 Å². The zero-order valence-corrected chi connectivity index (χ0v) is 34.5. The van der Waals surface area contributed by atoms with Gasteiger partial charge in [0.15, 0.2) is 0 Å². The molecular formula is C43H66F5N3O4S. The molecule has 2 saturated heterocycles. The van der Waals surface area contributed by atoms with Gasteiger partial charge in [-0.3, -0.25) is 9.11 Å². The molecule has 4 fully saturated rings. The summed E-state index contributed by atoms with van der Waals surface area (Å²) < 4.78 is 81.4. The normalized spacial score (nSPS) is 29.8. The third-order valence-corrected chi connectivity index (χ3v) is 16.0. The zero-order valence-electron chi connectivity index (χ0n) is 33.7. The lowest BCUT2D eigenvalue weighted by molar-refractivity contribution is -0.284. The number of aliphatic hydroxyl groups excluding tert-OH is 1. The minimum Gasteiger partial charge on any atom is -0.410 e. The first kappa shape index (κ1) is 43.7. The molecule has 7 atom stereocenters. The number of piperazine rings is 1. The van der Waals surface area contributed by atoms with Crippen molar-refractivity contribution in [2.45, 2.75) is 146 Å². The number of alkyl halides is 5. The van der Waals surface area contributed by atoms with E-state index in [9.17, 15) is 36.1 Å². The molecule has 56 heavy (non-hydrogen) atoms. The third-order valence-electron chi connectivity index (χ3n) is 14.5. The van der Waals surface area contributed by atoms with E-state index in [1.807, 2.05) is 11.0 Å². The number of rotatable bonds is 16. The van der Waals surface area contributed by atoms with Gasteiger partial charge in [-0.25, -0.2) is 4.79 Å². The number of carbonyl (C=O) groups excluding carboxylic acids is 1. The Morgan fingerprint density at radius 1 is 0.875 bits per heavy atom. The summed E-state index contributed by atoms with van der Waals surface area (Å²) in [4.78, 5) is 20.2. The van der Waals surface area contributed by atoms with E-state index in [0.29, 0.717) is 47.6 Å². The second-order valence-electron chi connectivity index (χ2n) is 18.1. The van der Waals surface area contributed by atoms with Crippen LogP contribution in [-0.2, 0) is 17.2 Å². The zero-order chi connectivity index (χ0) is 40.1. The van der Waals surface area contributed by atoms with Gasteiger partial charge in [0.2, 0.25) is 0 Å². The van der Waals surface area contributed by atoms with E-state index in [2.05, 4.69) is 35.9 Å². The predicted molar refractivity (Wildman–Crippen MR) is 211 cm³/mol. The monoisotopic (exact) mass is 815 g/mol. The molecule has 318 valence electrons. The van der Waals surface area contributed by atoms with Crippen LogP contribution in [0.15, 0.2) is 18.2 Å². The molecule has 7 nitrogen and oxygen atoms in total.